The fourth-order valence-electron chi connectivity index (χ4n) is 2.58. The Bertz CT molecular complexity index is 703. The number of rotatable bonds is 2. The number of nitrogens with zero attached hydrogens (tertiary/aromatic N) is 2. The van der Waals surface area contributed by atoms with Crippen molar-refractivity contribution in [3.8, 4) is 0 Å². The van der Waals surface area contributed by atoms with Gasteiger partial charge in [0.05, 0.1) is 11.4 Å². The lowest BCUT2D eigenvalue weighted by Gasteiger charge is -2.29. The quantitative estimate of drug-likeness (QED) is 0.921. The third-order valence-electron chi connectivity index (χ3n) is 3.57. The van der Waals surface area contributed by atoms with Gasteiger partial charge in [-0.05, 0) is 38.1 Å². The fraction of sp³-hybridized carbons (Fsp3) is 0.250. The zero-order valence-corrected chi connectivity index (χ0v) is 12.0. The summed E-state index contributed by atoms with van der Waals surface area (Å²) in [6, 6.07) is 11.2. The average Bonchev–Trinajstić information content (AvgIpc) is 2.95. The molecule has 1 N–H and O–H groups in total. The Morgan fingerprint density at radius 1 is 1.19 bits per heavy atom. The largest absolute Gasteiger partial charge is 0.341 e. The lowest BCUT2D eigenvalue weighted by molar-refractivity contribution is -0.115. The first-order chi connectivity index (χ1) is 10.1. The van der Waals surface area contributed by atoms with E-state index in [1.165, 1.54) is 4.90 Å². The highest BCUT2D eigenvalue weighted by Gasteiger charge is 2.28. The minimum atomic E-state index is -0.176. The molecule has 0 unspecified atom stereocenters. The van der Waals surface area contributed by atoms with Crippen molar-refractivity contribution in [2.24, 2.45) is 0 Å². The van der Waals surface area contributed by atoms with Gasteiger partial charge in [0.1, 0.15) is 12.2 Å². The molecule has 21 heavy (non-hydrogen) atoms. The standard InChI is InChI=1S/C16H17N3O2/c1-11(2)18-9-5-8-14(18)16(21)19-10-15(20)17-12-6-3-4-7-13(12)19/h3-9,11H,10H2,1-2H3,(H,17,20). The van der Waals surface area contributed by atoms with E-state index in [1.807, 2.05) is 48.9 Å². The summed E-state index contributed by atoms with van der Waals surface area (Å²) in [6.45, 7) is 4.08. The molecule has 0 saturated carbocycles. The summed E-state index contributed by atoms with van der Waals surface area (Å²) < 4.78 is 1.91. The summed E-state index contributed by atoms with van der Waals surface area (Å²) >= 11 is 0. The summed E-state index contributed by atoms with van der Waals surface area (Å²) in [5.74, 6) is -0.333. The lowest BCUT2D eigenvalue weighted by atomic mass is 10.1. The van der Waals surface area contributed by atoms with Crippen molar-refractivity contribution in [2.45, 2.75) is 19.9 Å². The van der Waals surface area contributed by atoms with Crippen LogP contribution in [0.2, 0.25) is 0 Å². The summed E-state index contributed by atoms with van der Waals surface area (Å²) in [4.78, 5) is 26.2. The monoisotopic (exact) mass is 283 g/mol. The van der Waals surface area contributed by atoms with Crippen LogP contribution in [0.1, 0.15) is 30.4 Å². The molecule has 2 amide bonds. The van der Waals surface area contributed by atoms with E-state index in [2.05, 4.69) is 5.32 Å². The van der Waals surface area contributed by atoms with Crippen LogP contribution in [0.4, 0.5) is 11.4 Å². The third kappa shape index (κ3) is 2.31. The molecule has 5 nitrogen and oxygen atoms in total. The van der Waals surface area contributed by atoms with E-state index in [-0.39, 0.29) is 24.4 Å². The number of aromatic nitrogens is 1. The third-order valence-corrected chi connectivity index (χ3v) is 3.57. The lowest BCUT2D eigenvalue weighted by Crippen LogP contribution is -2.42. The molecule has 2 aromatic rings. The highest BCUT2D eigenvalue weighted by Crippen LogP contribution is 2.30. The second-order valence-corrected chi connectivity index (χ2v) is 5.35. The van der Waals surface area contributed by atoms with Gasteiger partial charge < -0.3 is 9.88 Å². The number of fused-ring (bicyclic) bond motifs is 1. The second kappa shape index (κ2) is 5.09. The first-order valence-corrected chi connectivity index (χ1v) is 6.95. The predicted octanol–water partition coefficient (Wildman–Crippen LogP) is 2.67. The Balaban J connectivity index is 2.02. The van der Waals surface area contributed by atoms with Crippen LogP contribution >= 0.6 is 0 Å². The number of carbonyl (C=O) groups is 2. The number of carbonyl (C=O) groups excluding carboxylic acids is 2. The van der Waals surface area contributed by atoms with E-state index in [4.69, 9.17) is 0 Å². The molecule has 1 aliphatic heterocycles. The van der Waals surface area contributed by atoms with Crippen LogP contribution in [0.15, 0.2) is 42.6 Å². The van der Waals surface area contributed by atoms with E-state index in [0.29, 0.717) is 11.4 Å². The van der Waals surface area contributed by atoms with Crippen molar-refractivity contribution in [3.63, 3.8) is 0 Å². The number of hydrogen-bond acceptors (Lipinski definition) is 2. The van der Waals surface area contributed by atoms with Crippen LogP contribution < -0.4 is 10.2 Å². The van der Waals surface area contributed by atoms with Gasteiger partial charge in [0, 0.05) is 12.2 Å². The van der Waals surface area contributed by atoms with Crippen molar-refractivity contribution in [1.82, 2.24) is 4.57 Å². The minimum Gasteiger partial charge on any atom is -0.341 e. The molecule has 1 aromatic carbocycles. The van der Waals surface area contributed by atoms with Crippen LogP contribution in [0.3, 0.4) is 0 Å². The van der Waals surface area contributed by atoms with Gasteiger partial charge in [-0.3, -0.25) is 14.5 Å². The highest BCUT2D eigenvalue weighted by atomic mass is 16.2. The predicted molar refractivity (Wildman–Crippen MR) is 81.6 cm³/mol. The Hall–Kier alpha value is -2.56. The Labute approximate surface area is 123 Å². The van der Waals surface area contributed by atoms with Crippen LogP contribution in [-0.2, 0) is 4.79 Å². The van der Waals surface area contributed by atoms with Crippen molar-refractivity contribution in [1.29, 1.82) is 0 Å². The fourth-order valence-corrected chi connectivity index (χ4v) is 2.58. The van der Waals surface area contributed by atoms with Crippen LogP contribution in [0, 0.1) is 0 Å². The molecule has 1 aliphatic rings. The Morgan fingerprint density at radius 2 is 1.95 bits per heavy atom. The maximum atomic E-state index is 12.8. The molecular formula is C16H17N3O2. The molecule has 0 aliphatic carbocycles. The first kappa shape index (κ1) is 13.4. The smallest absolute Gasteiger partial charge is 0.275 e. The molecule has 0 bridgehead atoms. The molecule has 0 spiro atoms. The molecular weight excluding hydrogens is 266 g/mol. The van der Waals surface area contributed by atoms with Gasteiger partial charge in [0.15, 0.2) is 0 Å². The van der Waals surface area contributed by atoms with Crippen LogP contribution in [0.5, 0.6) is 0 Å². The van der Waals surface area contributed by atoms with E-state index in [1.54, 1.807) is 12.1 Å². The molecule has 0 radical (unpaired) electrons. The molecule has 5 heteroatoms. The molecule has 3 rings (SSSR count). The summed E-state index contributed by atoms with van der Waals surface area (Å²) in [5, 5.41) is 2.79. The maximum Gasteiger partial charge on any atom is 0.275 e. The van der Waals surface area contributed by atoms with E-state index in [0.717, 1.165) is 5.69 Å². The van der Waals surface area contributed by atoms with Crippen molar-refractivity contribution < 1.29 is 9.59 Å². The SMILES string of the molecule is CC(C)n1cccc1C(=O)N1CC(=O)Nc2ccccc21. The van der Waals surface area contributed by atoms with Crippen molar-refractivity contribution >= 4 is 23.2 Å². The molecule has 0 atom stereocenters. The van der Waals surface area contributed by atoms with Crippen LogP contribution in [0.25, 0.3) is 0 Å². The number of hydrogen-bond donors (Lipinski definition) is 1. The maximum absolute atomic E-state index is 12.8. The molecule has 1 aromatic heterocycles. The number of benzene rings is 1. The van der Waals surface area contributed by atoms with Gasteiger partial charge in [-0.1, -0.05) is 12.1 Å². The van der Waals surface area contributed by atoms with Crippen molar-refractivity contribution in [3.05, 3.63) is 48.3 Å². The normalized spacial score (nSPS) is 14.0. The Morgan fingerprint density at radius 3 is 2.71 bits per heavy atom. The highest BCUT2D eigenvalue weighted by molar-refractivity contribution is 6.14. The van der Waals surface area contributed by atoms with Crippen molar-refractivity contribution in [2.75, 3.05) is 16.8 Å². The van der Waals surface area contributed by atoms with E-state index >= 15 is 0 Å². The Kier molecular flexibility index (Phi) is 3.25. The van der Waals surface area contributed by atoms with Gasteiger partial charge in [0.2, 0.25) is 5.91 Å². The van der Waals surface area contributed by atoms with Gasteiger partial charge in [-0.15, -0.1) is 0 Å². The number of amides is 2. The van der Waals surface area contributed by atoms with Gasteiger partial charge in [-0.2, -0.15) is 0 Å². The van der Waals surface area contributed by atoms with Gasteiger partial charge in [-0.25, -0.2) is 0 Å². The summed E-state index contributed by atoms with van der Waals surface area (Å²) in [5.41, 5.74) is 2.00. The van der Waals surface area contributed by atoms with E-state index < -0.39 is 0 Å². The molecule has 108 valence electrons. The average molecular weight is 283 g/mol. The number of nitrogens with one attached hydrogen (secondary N) is 1. The molecule has 0 fully saturated rings. The molecule has 2 heterocycles. The number of anilines is 2. The number of para-hydroxylation sites is 2. The van der Waals surface area contributed by atoms with Gasteiger partial charge in [0.25, 0.3) is 5.91 Å². The van der Waals surface area contributed by atoms with E-state index in [9.17, 15) is 9.59 Å². The first-order valence-electron chi connectivity index (χ1n) is 6.95. The second-order valence-electron chi connectivity index (χ2n) is 5.35. The summed E-state index contributed by atoms with van der Waals surface area (Å²) in [6.07, 6.45) is 1.88. The summed E-state index contributed by atoms with van der Waals surface area (Å²) in [7, 11) is 0. The zero-order valence-electron chi connectivity index (χ0n) is 12.0. The minimum absolute atomic E-state index is 0.0408. The van der Waals surface area contributed by atoms with Gasteiger partial charge >= 0.3 is 0 Å². The topological polar surface area (TPSA) is 54.3 Å². The molecule has 0 saturated heterocycles. The van der Waals surface area contributed by atoms with Crippen LogP contribution in [-0.4, -0.2) is 22.9 Å². The zero-order chi connectivity index (χ0) is 15.0.